The van der Waals surface area contributed by atoms with Gasteiger partial charge in [0.25, 0.3) is 0 Å². The first-order valence-electron chi connectivity index (χ1n) is 9.63. The van der Waals surface area contributed by atoms with Crippen molar-refractivity contribution in [3.8, 4) is 0 Å². The molecule has 1 aromatic heterocycles. The van der Waals surface area contributed by atoms with Gasteiger partial charge in [-0.25, -0.2) is 0 Å². The molecule has 0 saturated carbocycles. The molecule has 1 amide bonds. The smallest absolute Gasteiger partial charge is 0.311 e. The normalized spacial score (nSPS) is 17.9. The van der Waals surface area contributed by atoms with Crippen molar-refractivity contribution in [1.82, 2.24) is 9.78 Å². The highest BCUT2D eigenvalue weighted by Gasteiger charge is 2.37. The number of carbonyl (C=O) groups is 2. The van der Waals surface area contributed by atoms with Gasteiger partial charge in [0, 0.05) is 44.0 Å². The number of hydrogen-bond acceptors (Lipinski definition) is 4. The van der Waals surface area contributed by atoms with E-state index in [1.807, 2.05) is 30.5 Å². The van der Waals surface area contributed by atoms with Gasteiger partial charge < -0.3 is 9.64 Å². The molecule has 2 unspecified atom stereocenters. The Morgan fingerprint density at radius 3 is 2.89 bits per heavy atom. The van der Waals surface area contributed by atoms with Crippen LogP contribution in [-0.2, 0) is 20.9 Å². The van der Waals surface area contributed by atoms with Gasteiger partial charge in [0.05, 0.1) is 12.5 Å². The standard InChI is InChI=1S/C21H27N3O3/c1-3-16(2)18-8-4-5-9-19(18)24-15-17(14-20(24)25)21(26)27-13-7-12-23-11-6-10-22-23/h4-6,8-11,16-17H,3,7,12-15H2,1-2H3. The number of ether oxygens (including phenoxy) is 1. The maximum Gasteiger partial charge on any atom is 0.311 e. The summed E-state index contributed by atoms with van der Waals surface area (Å²) in [6.45, 7) is 5.73. The van der Waals surface area contributed by atoms with E-state index >= 15 is 0 Å². The van der Waals surface area contributed by atoms with E-state index in [0.717, 1.165) is 17.7 Å². The highest BCUT2D eigenvalue weighted by atomic mass is 16.5. The Morgan fingerprint density at radius 2 is 2.15 bits per heavy atom. The van der Waals surface area contributed by atoms with Crippen LogP contribution in [0.4, 0.5) is 5.69 Å². The fraction of sp³-hybridized carbons (Fsp3) is 0.476. The summed E-state index contributed by atoms with van der Waals surface area (Å²) in [5.74, 6) is -0.328. The molecule has 0 N–H and O–H groups in total. The molecule has 1 saturated heterocycles. The zero-order valence-corrected chi connectivity index (χ0v) is 16.0. The first kappa shape index (κ1) is 19.1. The molecule has 2 aromatic rings. The van der Waals surface area contributed by atoms with E-state index < -0.39 is 5.92 Å². The van der Waals surface area contributed by atoms with Crippen LogP contribution < -0.4 is 4.90 Å². The van der Waals surface area contributed by atoms with E-state index in [9.17, 15) is 9.59 Å². The average Bonchev–Trinajstić information content (AvgIpc) is 3.34. The Labute approximate surface area is 160 Å². The van der Waals surface area contributed by atoms with Gasteiger partial charge in [-0.1, -0.05) is 32.0 Å². The summed E-state index contributed by atoms with van der Waals surface area (Å²) in [5, 5.41) is 4.12. The minimum atomic E-state index is -0.396. The number of esters is 1. The average molecular weight is 369 g/mol. The number of benzene rings is 1. The molecule has 2 heterocycles. The van der Waals surface area contributed by atoms with Crippen LogP contribution in [0.5, 0.6) is 0 Å². The van der Waals surface area contributed by atoms with Crippen molar-refractivity contribution >= 4 is 17.6 Å². The second-order valence-corrected chi connectivity index (χ2v) is 7.06. The van der Waals surface area contributed by atoms with Gasteiger partial charge in [-0.3, -0.25) is 14.3 Å². The van der Waals surface area contributed by atoms with E-state index in [1.165, 1.54) is 0 Å². The van der Waals surface area contributed by atoms with E-state index in [-0.39, 0.29) is 18.3 Å². The third-order valence-corrected chi connectivity index (χ3v) is 5.16. The van der Waals surface area contributed by atoms with Crippen LogP contribution in [0.15, 0.2) is 42.7 Å². The molecule has 0 spiro atoms. The molecule has 144 valence electrons. The maximum absolute atomic E-state index is 12.5. The predicted molar refractivity (Wildman–Crippen MR) is 103 cm³/mol. The highest BCUT2D eigenvalue weighted by molar-refractivity contribution is 6.00. The lowest BCUT2D eigenvalue weighted by Crippen LogP contribution is -2.27. The number of rotatable bonds is 8. The number of aromatic nitrogens is 2. The maximum atomic E-state index is 12.5. The Bertz CT molecular complexity index is 773. The second kappa shape index (κ2) is 8.84. The van der Waals surface area contributed by atoms with Crippen molar-refractivity contribution in [2.45, 2.75) is 45.6 Å². The lowest BCUT2D eigenvalue weighted by atomic mass is 9.96. The fourth-order valence-electron chi connectivity index (χ4n) is 3.42. The van der Waals surface area contributed by atoms with Crippen molar-refractivity contribution in [1.29, 1.82) is 0 Å². The van der Waals surface area contributed by atoms with E-state index in [0.29, 0.717) is 32.0 Å². The molecule has 6 nitrogen and oxygen atoms in total. The molecular formula is C21H27N3O3. The molecule has 3 rings (SSSR count). The van der Waals surface area contributed by atoms with Crippen molar-refractivity contribution in [2.24, 2.45) is 5.92 Å². The largest absolute Gasteiger partial charge is 0.465 e. The third kappa shape index (κ3) is 4.56. The molecule has 0 bridgehead atoms. The Hall–Kier alpha value is -2.63. The van der Waals surface area contributed by atoms with Gasteiger partial charge in [-0.2, -0.15) is 5.10 Å². The lowest BCUT2D eigenvalue weighted by molar-refractivity contribution is -0.148. The van der Waals surface area contributed by atoms with Crippen LogP contribution in [0.25, 0.3) is 0 Å². The second-order valence-electron chi connectivity index (χ2n) is 7.06. The monoisotopic (exact) mass is 369 g/mol. The molecular weight excluding hydrogens is 342 g/mol. The Morgan fingerprint density at radius 1 is 1.33 bits per heavy atom. The van der Waals surface area contributed by atoms with Crippen LogP contribution in [0.3, 0.4) is 0 Å². The van der Waals surface area contributed by atoms with E-state index in [2.05, 4.69) is 25.0 Å². The number of carbonyl (C=O) groups excluding carboxylic acids is 2. The van der Waals surface area contributed by atoms with Crippen molar-refractivity contribution in [3.05, 3.63) is 48.3 Å². The number of para-hydroxylation sites is 1. The minimum absolute atomic E-state index is 0.00996. The molecule has 27 heavy (non-hydrogen) atoms. The van der Waals surface area contributed by atoms with Gasteiger partial charge in [0.2, 0.25) is 5.91 Å². The molecule has 1 aliphatic rings. The minimum Gasteiger partial charge on any atom is -0.465 e. The molecule has 2 atom stereocenters. The van der Waals surface area contributed by atoms with E-state index in [4.69, 9.17) is 4.74 Å². The first-order chi connectivity index (χ1) is 13.1. The fourth-order valence-corrected chi connectivity index (χ4v) is 3.42. The zero-order chi connectivity index (χ0) is 19.2. The van der Waals surface area contributed by atoms with Crippen LogP contribution in [0.1, 0.15) is 44.6 Å². The summed E-state index contributed by atoms with van der Waals surface area (Å²) >= 11 is 0. The number of aryl methyl sites for hydroxylation is 1. The Balaban J connectivity index is 1.56. The van der Waals surface area contributed by atoms with Crippen LogP contribution >= 0.6 is 0 Å². The van der Waals surface area contributed by atoms with Gasteiger partial charge in [0.15, 0.2) is 0 Å². The summed E-state index contributed by atoms with van der Waals surface area (Å²) < 4.78 is 7.20. The van der Waals surface area contributed by atoms with Gasteiger partial charge in [0.1, 0.15) is 0 Å². The van der Waals surface area contributed by atoms with E-state index in [1.54, 1.807) is 15.8 Å². The van der Waals surface area contributed by atoms with Crippen LogP contribution in [0, 0.1) is 5.92 Å². The molecule has 1 aliphatic heterocycles. The molecule has 1 aromatic carbocycles. The van der Waals surface area contributed by atoms with Gasteiger partial charge in [-0.05, 0) is 30.0 Å². The van der Waals surface area contributed by atoms with Crippen LogP contribution in [-0.4, -0.2) is 34.8 Å². The number of anilines is 1. The third-order valence-electron chi connectivity index (χ3n) is 5.16. The summed E-state index contributed by atoms with van der Waals surface area (Å²) in [4.78, 5) is 26.7. The lowest BCUT2D eigenvalue weighted by Gasteiger charge is -2.23. The first-order valence-corrected chi connectivity index (χ1v) is 9.63. The quantitative estimate of drug-likeness (QED) is 0.528. The summed E-state index contributed by atoms with van der Waals surface area (Å²) in [6.07, 6.45) is 5.52. The molecule has 0 radical (unpaired) electrons. The van der Waals surface area contributed by atoms with Crippen molar-refractivity contribution in [2.75, 3.05) is 18.1 Å². The van der Waals surface area contributed by atoms with Gasteiger partial charge in [-0.15, -0.1) is 0 Å². The SMILES string of the molecule is CCC(C)c1ccccc1N1CC(C(=O)OCCCn2cccn2)CC1=O. The molecule has 1 fully saturated rings. The summed E-state index contributed by atoms with van der Waals surface area (Å²) in [5.41, 5.74) is 2.08. The number of nitrogens with zero attached hydrogens (tertiary/aromatic N) is 3. The topological polar surface area (TPSA) is 64.4 Å². The number of amides is 1. The molecule has 6 heteroatoms. The van der Waals surface area contributed by atoms with Crippen molar-refractivity contribution < 1.29 is 14.3 Å². The summed E-state index contributed by atoms with van der Waals surface area (Å²) in [6, 6.07) is 9.84. The highest BCUT2D eigenvalue weighted by Crippen LogP contribution is 2.33. The predicted octanol–water partition coefficient (Wildman–Crippen LogP) is 3.38. The Kier molecular flexibility index (Phi) is 6.27. The zero-order valence-electron chi connectivity index (χ0n) is 16.0. The van der Waals surface area contributed by atoms with Crippen molar-refractivity contribution in [3.63, 3.8) is 0 Å². The van der Waals surface area contributed by atoms with Crippen LogP contribution in [0.2, 0.25) is 0 Å². The van der Waals surface area contributed by atoms with Gasteiger partial charge >= 0.3 is 5.97 Å². The number of hydrogen-bond donors (Lipinski definition) is 0. The summed E-state index contributed by atoms with van der Waals surface area (Å²) in [7, 11) is 0. The molecule has 0 aliphatic carbocycles.